The average Bonchev–Trinajstić information content (AvgIpc) is 3.36. The first kappa shape index (κ1) is 17.8. The smallest absolute Gasteiger partial charge is 0.231 e. The van der Waals surface area contributed by atoms with E-state index in [1.807, 2.05) is 0 Å². The minimum absolute atomic E-state index is 0.0152. The third kappa shape index (κ3) is 2.20. The van der Waals surface area contributed by atoms with Crippen LogP contribution in [0.15, 0.2) is 0 Å². The van der Waals surface area contributed by atoms with Crippen molar-refractivity contribution in [2.75, 3.05) is 42.0 Å². The van der Waals surface area contributed by atoms with E-state index in [-0.39, 0.29) is 82.2 Å². The highest BCUT2D eigenvalue weighted by Crippen LogP contribution is 2.65. The van der Waals surface area contributed by atoms with Crippen LogP contribution >= 0.6 is 0 Å². The molecule has 0 radical (unpaired) electrons. The van der Waals surface area contributed by atoms with Crippen molar-refractivity contribution in [1.82, 2.24) is 0 Å². The van der Waals surface area contributed by atoms with Gasteiger partial charge in [-0.25, -0.2) is 0 Å². The van der Waals surface area contributed by atoms with E-state index in [9.17, 15) is 10.2 Å². The van der Waals surface area contributed by atoms with Crippen molar-refractivity contribution in [2.24, 2.45) is 0 Å². The van der Waals surface area contributed by atoms with Crippen molar-refractivity contribution in [2.45, 2.75) is 0 Å². The molecule has 0 bridgehead atoms. The van der Waals surface area contributed by atoms with E-state index in [1.165, 1.54) is 28.4 Å². The Morgan fingerprint density at radius 3 is 1.11 bits per heavy atom. The predicted molar refractivity (Wildman–Crippen MR) is 93.7 cm³/mol. The van der Waals surface area contributed by atoms with E-state index in [0.717, 1.165) is 0 Å². The zero-order valence-corrected chi connectivity index (χ0v) is 15.6. The van der Waals surface area contributed by atoms with Crippen LogP contribution in [0.5, 0.6) is 57.5 Å². The molecule has 28 heavy (non-hydrogen) atoms. The molecule has 10 nitrogen and oxygen atoms in total. The Morgan fingerprint density at radius 2 is 0.821 bits per heavy atom. The van der Waals surface area contributed by atoms with Gasteiger partial charge in [0.2, 0.25) is 48.1 Å². The molecule has 2 aliphatic heterocycles. The molecule has 2 aromatic carbocycles. The minimum atomic E-state index is -0.349. The summed E-state index contributed by atoms with van der Waals surface area (Å²) >= 11 is 0. The molecule has 0 aromatic heterocycles. The van der Waals surface area contributed by atoms with Crippen LogP contribution in [0.1, 0.15) is 0 Å². The van der Waals surface area contributed by atoms with Gasteiger partial charge in [0.05, 0.1) is 39.6 Å². The minimum Gasteiger partial charge on any atom is -0.504 e. The van der Waals surface area contributed by atoms with Crippen LogP contribution < -0.4 is 37.9 Å². The highest BCUT2D eigenvalue weighted by atomic mass is 16.7. The number of benzene rings is 2. The molecule has 0 saturated heterocycles. The van der Waals surface area contributed by atoms with Crippen LogP contribution in [0.3, 0.4) is 0 Å². The van der Waals surface area contributed by atoms with Crippen LogP contribution in [-0.2, 0) is 0 Å². The summed E-state index contributed by atoms with van der Waals surface area (Å²) in [6, 6.07) is 0. The fraction of sp³-hybridized carbons (Fsp3) is 0.333. The fourth-order valence-corrected chi connectivity index (χ4v) is 3.35. The van der Waals surface area contributed by atoms with E-state index in [0.29, 0.717) is 0 Å². The summed E-state index contributed by atoms with van der Waals surface area (Å²) < 4.78 is 43.3. The fourth-order valence-electron chi connectivity index (χ4n) is 3.35. The van der Waals surface area contributed by atoms with Crippen LogP contribution in [0, 0.1) is 0 Å². The Bertz CT molecular complexity index is 875. The average molecular weight is 394 g/mol. The maximum Gasteiger partial charge on any atom is 0.231 e. The third-order valence-electron chi connectivity index (χ3n) is 4.47. The Balaban J connectivity index is 2.14. The number of aromatic hydroxyl groups is 2. The molecule has 0 saturated carbocycles. The zero-order chi connectivity index (χ0) is 20.0. The molecule has 2 N–H and O–H groups in total. The molecule has 2 aromatic rings. The lowest BCUT2D eigenvalue weighted by molar-refractivity contribution is 0.168. The SMILES string of the molecule is COc1c(O)c(-c2c(O)c(OC)c3c(c2OC)OCO3)c(OC)c2c1OCO2. The van der Waals surface area contributed by atoms with E-state index in [2.05, 4.69) is 0 Å². The van der Waals surface area contributed by atoms with Crippen molar-refractivity contribution < 1.29 is 48.1 Å². The summed E-state index contributed by atoms with van der Waals surface area (Å²) in [5.41, 5.74) is 0.101. The van der Waals surface area contributed by atoms with Gasteiger partial charge in [-0.3, -0.25) is 0 Å². The summed E-state index contributed by atoms with van der Waals surface area (Å²) in [6.07, 6.45) is 0. The number of phenols is 2. The van der Waals surface area contributed by atoms with Crippen LogP contribution in [-0.4, -0.2) is 52.2 Å². The van der Waals surface area contributed by atoms with Crippen molar-refractivity contribution in [1.29, 1.82) is 0 Å². The first-order valence-electron chi connectivity index (χ1n) is 8.12. The monoisotopic (exact) mass is 394 g/mol. The molecular weight excluding hydrogens is 376 g/mol. The second-order valence-electron chi connectivity index (χ2n) is 5.71. The van der Waals surface area contributed by atoms with Gasteiger partial charge in [-0.05, 0) is 0 Å². The molecule has 0 unspecified atom stereocenters. The molecule has 150 valence electrons. The maximum absolute atomic E-state index is 11.0. The van der Waals surface area contributed by atoms with Crippen molar-refractivity contribution >= 4 is 0 Å². The number of phenolic OH excluding ortho intramolecular Hbond substituents is 2. The van der Waals surface area contributed by atoms with Crippen LogP contribution in [0.4, 0.5) is 0 Å². The molecule has 4 rings (SSSR count). The van der Waals surface area contributed by atoms with Crippen molar-refractivity contribution in [3.8, 4) is 68.6 Å². The Morgan fingerprint density at radius 1 is 0.536 bits per heavy atom. The topological polar surface area (TPSA) is 114 Å². The van der Waals surface area contributed by atoms with Crippen LogP contribution in [0.25, 0.3) is 11.1 Å². The summed E-state index contributed by atoms with van der Waals surface area (Å²) in [5, 5.41) is 21.9. The lowest BCUT2D eigenvalue weighted by Crippen LogP contribution is -1.99. The Kier molecular flexibility index (Phi) is 4.17. The van der Waals surface area contributed by atoms with Gasteiger partial charge in [0, 0.05) is 0 Å². The van der Waals surface area contributed by atoms with Crippen molar-refractivity contribution in [3.63, 3.8) is 0 Å². The molecule has 0 aliphatic carbocycles. The summed E-state index contributed by atoms with van der Waals surface area (Å²) in [7, 11) is 5.51. The number of methoxy groups -OCH3 is 4. The van der Waals surface area contributed by atoms with E-state index in [4.69, 9.17) is 37.9 Å². The first-order valence-corrected chi connectivity index (χ1v) is 8.12. The molecule has 2 heterocycles. The lowest BCUT2D eigenvalue weighted by atomic mass is 9.97. The van der Waals surface area contributed by atoms with Crippen molar-refractivity contribution in [3.05, 3.63) is 0 Å². The van der Waals surface area contributed by atoms with E-state index in [1.54, 1.807) is 0 Å². The van der Waals surface area contributed by atoms with Gasteiger partial charge in [-0.2, -0.15) is 0 Å². The Labute approximate surface area is 159 Å². The van der Waals surface area contributed by atoms with Gasteiger partial charge < -0.3 is 48.1 Å². The number of fused-ring (bicyclic) bond motifs is 2. The predicted octanol–water partition coefficient (Wildman–Crippen LogP) is 2.26. The molecule has 0 spiro atoms. The normalized spacial score (nSPS) is 13.4. The molecule has 10 heteroatoms. The maximum atomic E-state index is 11.0. The molecule has 2 aliphatic rings. The van der Waals surface area contributed by atoms with E-state index >= 15 is 0 Å². The van der Waals surface area contributed by atoms with Gasteiger partial charge in [-0.15, -0.1) is 0 Å². The standard InChI is InChI=1S/C18H18O10/c1-21-11-7(9(19)13(23-3)17-15(11)25-5-27-17)8-10(20)14(24-4)18-16(12(8)22-2)26-6-28-18/h19-20H,5-6H2,1-4H3. The summed E-state index contributed by atoms with van der Waals surface area (Å²) in [4.78, 5) is 0. The number of ether oxygens (including phenoxy) is 8. The number of rotatable bonds is 5. The van der Waals surface area contributed by atoms with Gasteiger partial charge in [0.25, 0.3) is 0 Å². The Hall–Kier alpha value is -3.56. The van der Waals surface area contributed by atoms with Gasteiger partial charge >= 0.3 is 0 Å². The second kappa shape index (κ2) is 6.55. The largest absolute Gasteiger partial charge is 0.504 e. The third-order valence-corrected chi connectivity index (χ3v) is 4.47. The second-order valence-corrected chi connectivity index (χ2v) is 5.71. The van der Waals surface area contributed by atoms with E-state index < -0.39 is 0 Å². The lowest BCUT2D eigenvalue weighted by Gasteiger charge is -2.20. The molecule has 0 amide bonds. The molecular formula is C18H18O10. The van der Waals surface area contributed by atoms with Gasteiger partial charge in [-0.1, -0.05) is 0 Å². The highest BCUT2D eigenvalue weighted by Gasteiger charge is 2.39. The van der Waals surface area contributed by atoms with Gasteiger partial charge in [0.1, 0.15) is 0 Å². The molecule has 0 fully saturated rings. The molecule has 0 atom stereocenters. The highest BCUT2D eigenvalue weighted by molar-refractivity contribution is 5.95. The first-order chi connectivity index (χ1) is 13.6. The summed E-state index contributed by atoms with van der Waals surface area (Å²) in [6.45, 7) is -0.170. The number of hydrogen-bond donors (Lipinski definition) is 2. The number of hydrogen-bond acceptors (Lipinski definition) is 10. The van der Waals surface area contributed by atoms with Crippen LogP contribution in [0.2, 0.25) is 0 Å². The van der Waals surface area contributed by atoms with Gasteiger partial charge in [0.15, 0.2) is 23.0 Å². The quantitative estimate of drug-likeness (QED) is 0.782. The zero-order valence-electron chi connectivity index (χ0n) is 15.6. The summed E-state index contributed by atoms with van der Waals surface area (Å²) in [5.74, 6) is 0.355.